The Kier molecular flexibility index (Phi) is 47.9. The molecule has 0 amide bonds. The van der Waals surface area contributed by atoms with Crippen LogP contribution in [0, 0.1) is 23.8 Å². The van der Waals surface area contributed by atoms with Gasteiger partial charge in [-0.05, 0) is 178 Å². The SMILES string of the molecule is CCOC(CCCC(=S)Cc1ccc(F)nc1N)OCC.CCOC(CCCc1nc2nc(F)ccc2[nH]1)OCC.CCOC(CCN)OCC.CCOC(CCN=C=S)OCC.Nc1ccc(F)nc1N.O=CCCCc1nc2nc(F)ccc2[nH]1.S=C(n1ccnc1)n1ccnc1. The Balaban J connectivity index is 0.000000401. The highest BCUT2D eigenvalue weighted by Crippen LogP contribution is 2.17. The molecule has 0 saturated heterocycles. The van der Waals surface area contributed by atoms with Crippen LogP contribution >= 0.6 is 36.7 Å². The molecule has 546 valence electrons. The van der Waals surface area contributed by atoms with E-state index in [2.05, 4.69) is 72.2 Å². The molecule has 8 heterocycles. The first-order valence-electron chi connectivity index (χ1n) is 32.6. The maximum Gasteiger partial charge on any atom is 0.215 e. The van der Waals surface area contributed by atoms with E-state index in [1.54, 1.807) is 64.8 Å². The molecule has 0 aliphatic carbocycles. The van der Waals surface area contributed by atoms with Gasteiger partial charge in [-0.1, -0.05) is 18.3 Å². The second kappa shape index (κ2) is 54.2. The average molecular weight is 1440 g/mol. The van der Waals surface area contributed by atoms with Gasteiger partial charge in [0.15, 0.2) is 41.6 Å². The van der Waals surface area contributed by atoms with Gasteiger partial charge >= 0.3 is 0 Å². The molecule has 0 aromatic carbocycles. The molecule has 33 heteroatoms. The number of nitrogens with two attached hydrogens (primary N) is 4. The number of rotatable bonds is 35. The van der Waals surface area contributed by atoms with Crippen molar-refractivity contribution in [3.8, 4) is 0 Å². The summed E-state index contributed by atoms with van der Waals surface area (Å²) in [7, 11) is 0. The van der Waals surface area contributed by atoms with Crippen molar-refractivity contribution in [3.05, 3.63) is 127 Å². The van der Waals surface area contributed by atoms with Crippen molar-refractivity contribution in [1.29, 1.82) is 0 Å². The third-order valence-electron chi connectivity index (χ3n) is 12.7. The summed E-state index contributed by atoms with van der Waals surface area (Å²) < 4.78 is 97.1. The van der Waals surface area contributed by atoms with Crippen LogP contribution in [-0.4, -0.2) is 172 Å². The molecule has 0 radical (unpaired) electrons. The van der Waals surface area contributed by atoms with Crippen molar-refractivity contribution >= 4 is 97.7 Å². The number of aryl methyl sites for hydroxylation is 2. The van der Waals surface area contributed by atoms with Gasteiger partial charge in [0.1, 0.15) is 42.2 Å². The number of aromatic nitrogens is 12. The number of nitrogens with one attached hydrogen (secondary N) is 2. The molecule has 10 N–H and O–H groups in total. The van der Waals surface area contributed by atoms with E-state index in [0.717, 1.165) is 103 Å². The van der Waals surface area contributed by atoms with E-state index >= 15 is 0 Å². The summed E-state index contributed by atoms with van der Waals surface area (Å²) in [6, 6.07) is 11.3. The molecule has 99 heavy (non-hydrogen) atoms. The maximum absolute atomic E-state index is 13.0. The molecular formula is C66H97F4N17O9S3. The number of thiocarbonyl (C=S) groups is 3. The average Bonchev–Trinajstić information content (AvgIpc) is 1.70. The summed E-state index contributed by atoms with van der Waals surface area (Å²) >= 11 is 14.9. The first-order chi connectivity index (χ1) is 47.8. The van der Waals surface area contributed by atoms with Crippen LogP contribution in [0.25, 0.3) is 22.3 Å². The Morgan fingerprint density at radius 1 is 0.556 bits per heavy atom. The number of H-pyrrole nitrogens is 2. The molecule has 0 unspecified atom stereocenters. The fraction of sp³-hybridized carbons (Fsp3) is 0.515. The second-order valence-corrected chi connectivity index (χ2v) is 21.3. The summed E-state index contributed by atoms with van der Waals surface area (Å²) in [4.78, 5) is 51.4. The van der Waals surface area contributed by atoms with Gasteiger partial charge in [0, 0.05) is 116 Å². The van der Waals surface area contributed by atoms with Crippen molar-refractivity contribution in [2.45, 2.75) is 158 Å². The molecule has 0 aliphatic heterocycles. The molecule has 8 aromatic heterocycles. The highest BCUT2D eigenvalue weighted by atomic mass is 32.1. The van der Waals surface area contributed by atoms with Gasteiger partial charge in [-0.15, -0.1) is 0 Å². The third-order valence-corrected chi connectivity index (χ3v) is 13.6. The number of imidazole rings is 4. The number of ether oxygens (including phenoxy) is 8. The number of carbonyl (C=O) groups excluding carboxylic acids is 1. The molecule has 0 saturated carbocycles. The zero-order valence-corrected chi connectivity index (χ0v) is 60.1. The lowest BCUT2D eigenvalue weighted by Crippen LogP contribution is -2.21. The number of aldehydes is 1. The number of aliphatic imine (C=N–C) groups is 1. The van der Waals surface area contributed by atoms with Crippen LogP contribution in [0.2, 0.25) is 0 Å². The third kappa shape index (κ3) is 38.5. The minimum Gasteiger partial charge on any atom is -0.396 e. The zero-order valence-electron chi connectivity index (χ0n) is 57.7. The molecule has 8 rings (SSSR count). The topological polar surface area (TPSA) is 352 Å². The Morgan fingerprint density at radius 3 is 1.37 bits per heavy atom. The van der Waals surface area contributed by atoms with Crippen LogP contribution in [0.15, 0.2) is 91.0 Å². The second-order valence-electron chi connectivity index (χ2n) is 20.1. The van der Waals surface area contributed by atoms with E-state index in [9.17, 15) is 22.4 Å². The summed E-state index contributed by atoms with van der Waals surface area (Å²) in [6.07, 6.45) is 19.5. The lowest BCUT2D eigenvalue weighted by molar-refractivity contribution is -0.140. The van der Waals surface area contributed by atoms with E-state index < -0.39 is 23.8 Å². The standard InChI is InChI=1S/C15H23FN2O2S.C14H20FN3O2.C10H10FN3O.C8H15NO2S.C7H6N4S.C7H17NO2.C5H6FN3/c1-3-19-14(20-4-2)7-5-6-12(21)10-11-8-9-13(16)18-15(11)17;1-3-19-13(20-4-2)7-5-6-12-16-10-8-9-11(15)17-14(10)18-12;11-8-5-4-7-10(13-8)14-9(12-7)3-1-2-6-15;1-3-10-8(11-4-2)5-6-9-7-12;12-7(10-3-1-8-5-10)11-4-2-9-6-11;1-3-9-7(5-6-8)10-4-2;6-4-2-1-3(7)5(8)9-4/h8-9,14H,3-7,10H2,1-2H3,(H2,17,18);8-9,13H,3-7H2,1-2H3,(H,16,17,18);4-6H,1-3H2,(H,12,13,14);8H,3-6H2,1-2H3;1-6H;7H,3-6,8H2,1-2H3;1-2H,7H2,(H2,8,9). The van der Waals surface area contributed by atoms with Crippen LogP contribution < -0.4 is 22.9 Å². The van der Waals surface area contributed by atoms with Crippen LogP contribution in [-0.2, 0) is 62.0 Å². The van der Waals surface area contributed by atoms with Gasteiger partial charge in [-0.2, -0.15) is 27.5 Å². The Bertz CT molecular complexity index is 3420. The van der Waals surface area contributed by atoms with E-state index in [4.69, 9.17) is 85.3 Å². The number of hydrogen-bond acceptors (Lipinski definition) is 25. The number of fused-ring (bicyclic) bond motifs is 2. The van der Waals surface area contributed by atoms with Gasteiger partial charge in [0.05, 0.1) is 28.4 Å². The first-order valence-corrected chi connectivity index (χ1v) is 33.8. The Hall–Kier alpha value is -7.63. The number of unbranched alkanes of at least 4 members (excludes halogenated alkanes) is 1. The number of carbonyl (C=O) groups is 1. The first kappa shape index (κ1) is 87.5. The predicted molar refractivity (Wildman–Crippen MR) is 386 cm³/mol. The maximum atomic E-state index is 13.0. The van der Waals surface area contributed by atoms with Gasteiger partial charge in [-0.25, -0.2) is 34.9 Å². The number of aromatic amines is 2. The smallest absolute Gasteiger partial charge is 0.215 e. The predicted octanol–water partition coefficient (Wildman–Crippen LogP) is 11.5. The normalized spacial score (nSPS) is 10.7. The van der Waals surface area contributed by atoms with E-state index in [-0.39, 0.29) is 36.8 Å². The van der Waals surface area contributed by atoms with Gasteiger partial charge in [0.25, 0.3) is 0 Å². The highest BCUT2D eigenvalue weighted by Gasteiger charge is 2.13. The molecule has 0 bridgehead atoms. The number of isothiocyanates is 1. The lowest BCUT2D eigenvalue weighted by atomic mass is 10.1. The molecule has 8 aromatic rings. The van der Waals surface area contributed by atoms with E-state index in [1.807, 2.05) is 55.4 Å². The van der Waals surface area contributed by atoms with E-state index in [1.165, 1.54) is 24.3 Å². The quantitative estimate of drug-likeness (QED) is 0.00409. The summed E-state index contributed by atoms with van der Waals surface area (Å²) in [5, 5.41) is 2.95. The van der Waals surface area contributed by atoms with Crippen molar-refractivity contribution in [2.24, 2.45) is 10.7 Å². The number of halogens is 4. The minimum atomic E-state index is -0.610. The van der Waals surface area contributed by atoms with Crippen LogP contribution in [0.4, 0.5) is 34.9 Å². The molecule has 26 nitrogen and oxygen atoms in total. The number of pyridine rings is 4. The Labute approximate surface area is 592 Å². The molecule has 0 aliphatic rings. The van der Waals surface area contributed by atoms with Gasteiger partial charge < -0.3 is 75.6 Å². The van der Waals surface area contributed by atoms with Crippen molar-refractivity contribution in [1.82, 2.24) is 59.0 Å². The number of hydrogen-bond donors (Lipinski definition) is 6. The largest absolute Gasteiger partial charge is 0.396 e. The summed E-state index contributed by atoms with van der Waals surface area (Å²) in [5.74, 6) is -0.430. The molecule has 0 spiro atoms. The fourth-order valence-corrected chi connectivity index (χ4v) is 8.90. The summed E-state index contributed by atoms with van der Waals surface area (Å²) in [6.45, 7) is 22.0. The number of nitrogen functional groups attached to an aromatic ring is 3. The zero-order chi connectivity index (χ0) is 73.0. The van der Waals surface area contributed by atoms with E-state index in [0.29, 0.717) is 107 Å². The van der Waals surface area contributed by atoms with Crippen LogP contribution in [0.3, 0.4) is 0 Å². The van der Waals surface area contributed by atoms with Crippen molar-refractivity contribution < 1.29 is 60.3 Å². The van der Waals surface area contributed by atoms with Crippen molar-refractivity contribution in [3.63, 3.8) is 0 Å². The fourth-order valence-electron chi connectivity index (χ4n) is 8.30. The molecule has 0 atom stereocenters. The number of anilines is 3. The lowest BCUT2D eigenvalue weighted by Gasteiger charge is -2.16. The van der Waals surface area contributed by atoms with Crippen molar-refractivity contribution in [2.75, 3.05) is 83.1 Å². The van der Waals surface area contributed by atoms with Crippen LogP contribution in [0.5, 0.6) is 0 Å². The number of nitrogens with zero attached hydrogens (tertiary/aromatic N) is 11. The van der Waals surface area contributed by atoms with Gasteiger partial charge in [-0.3, -0.25) is 9.13 Å². The molecular weight excluding hydrogens is 1350 g/mol. The molecule has 0 fully saturated rings. The summed E-state index contributed by atoms with van der Waals surface area (Å²) in [5.41, 5.74) is 24.7. The minimum absolute atomic E-state index is 0.0370. The highest BCUT2D eigenvalue weighted by molar-refractivity contribution is 7.80. The monoisotopic (exact) mass is 1440 g/mol. The van der Waals surface area contributed by atoms with Gasteiger partial charge in [0.2, 0.25) is 23.8 Å². The van der Waals surface area contributed by atoms with Crippen LogP contribution in [0.1, 0.15) is 130 Å². The Morgan fingerprint density at radius 2 is 0.970 bits per heavy atom.